The van der Waals surface area contributed by atoms with Crippen molar-refractivity contribution in [3.05, 3.63) is 40.4 Å². The molecule has 82 valence electrons. The molecule has 5 heteroatoms. The molecule has 1 atom stereocenters. The van der Waals surface area contributed by atoms with Crippen LogP contribution in [0.3, 0.4) is 0 Å². The summed E-state index contributed by atoms with van der Waals surface area (Å²) in [6.07, 6.45) is -2.11. The molecular formula is C10H9BrF3N. The first-order chi connectivity index (χ1) is 6.91. The third-order valence-electron chi connectivity index (χ3n) is 1.77. The van der Waals surface area contributed by atoms with E-state index in [-0.39, 0.29) is 0 Å². The van der Waals surface area contributed by atoms with Crippen molar-refractivity contribution < 1.29 is 13.2 Å². The molecule has 0 unspecified atom stereocenters. The molecule has 0 aromatic heterocycles. The Kier molecular flexibility index (Phi) is 3.93. The average Bonchev–Trinajstić information content (AvgIpc) is 2.14. The topological polar surface area (TPSA) is 26.0 Å². The van der Waals surface area contributed by atoms with E-state index in [2.05, 4.69) is 15.9 Å². The van der Waals surface area contributed by atoms with Crippen molar-refractivity contribution in [1.29, 1.82) is 0 Å². The summed E-state index contributed by atoms with van der Waals surface area (Å²) in [5, 5.41) is 0. The van der Waals surface area contributed by atoms with Crippen molar-refractivity contribution in [2.75, 3.05) is 0 Å². The van der Waals surface area contributed by atoms with Crippen LogP contribution >= 0.6 is 15.9 Å². The minimum absolute atomic E-state index is 0.664. The van der Waals surface area contributed by atoms with E-state index < -0.39 is 12.2 Å². The van der Waals surface area contributed by atoms with Crippen molar-refractivity contribution in [1.82, 2.24) is 0 Å². The Morgan fingerprint density at radius 3 is 2.40 bits per heavy atom. The predicted octanol–water partition coefficient (Wildman–Crippen LogP) is 3.35. The molecule has 1 aromatic carbocycles. The maximum absolute atomic E-state index is 12.1. The summed E-state index contributed by atoms with van der Waals surface area (Å²) < 4.78 is 36.9. The van der Waals surface area contributed by atoms with E-state index in [0.29, 0.717) is 5.56 Å². The van der Waals surface area contributed by atoms with Gasteiger partial charge in [0.15, 0.2) is 0 Å². The fourth-order valence-corrected chi connectivity index (χ4v) is 1.34. The molecule has 0 radical (unpaired) electrons. The fraction of sp³-hybridized carbons (Fsp3) is 0.200. The van der Waals surface area contributed by atoms with E-state index in [0.717, 1.165) is 10.5 Å². The predicted molar refractivity (Wildman–Crippen MR) is 57.2 cm³/mol. The first-order valence-corrected chi connectivity index (χ1v) is 4.95. The Balaban J connectivity index is 2.79. The molecule has 1 nitrogen and oxygen atoms in total. The van der Waals surface area contributed by atoms with Crippen LogP contribution < -0.4 is 5.73 Å². The van der Waals surface area contributed by atoms with Crippen molar-refractivity contribution in [3.63, 3.8) is 0 Å². The van der Waals surface area contributed by atoms with Gasteiger partial charge in [-0.3, -0.25) is 0 Å². The summed E-state index contributed by atoms with van der Waals surface area (Å²) >= 11 is 3.22. The number of rotatable bonds is 2. The largest absolute Gasteiger partial charge is 0.407 e. The Morgan fingerprint density at radius 2 is 1.87 bits per heavy atom. The van der Waals surface area contributed by atoms with Gasteiger partial charge in [0.25, 0.3) is 0 Å². The van der Waals surface area contributed by atoms with E-state index in [1.54, 1.807) is 24.3 Å². The van der Waals surface area contributed by atoms with E-state index in [9.17, 15) is 13.2 Å². The monoisotopic (exact) mass is 279 g/mol. The molecule has 1 aromatic rings. The number of nitrogens with two attached hydrogens (primary N) is 1. The van der Waals surface area contributed by atoms with Gasteiger partial charge in [-0.25, -0.2) is 0 Å². The van der Waals surface area contributed by atoms with E-state index in [1.165, 1.54) is 6.08 Å². The van der Waals surface area contributed by atoms with Crippen LogP contribution in [-0.4, -0.2) is 12.2 Å². The van der Waals surface area contributed by atoms with Gasteiger partial charge in [-0.15, -0.1) is 0 Å². The molecule has 0 fully saturated rings. The Labute approximate surface area is 93.9 Å². The molecule has 1 rings (SSSR count). The Morgan fingerprint density at radius 1 is 1.27 bits per heavy atom. The zero-order chi connectivity index (χ0) is 11.5. The van der Waals surface area contributed by atoms with E-state index in [4.69, 9.17) is 5.73 Å². The van der Waals surface area contributed by atoms with Crippen molar-refractivity contribution >= 4 is 22.0 Å². The first-order valence-electron chi connectivity index (χ1n) is 4.16. The summed E-state index contributed by atoms with van der Waals surface area (Å²) in [6.45, 7) is 0. The maximum atomic E-state index is 12.1. The summed E-state index contributed by atoms with van der Waals surface area (Å²) in [5.74, 6) is 0. The third kappa shape index (κ3) is 3.68. The molecule has 2 N–H and O–H groups in total. The van der Waals surface area contributed by atoms with Gasteiger partial charge in [0.2, 0.25) is 0 Å². The van der Waals surface area contributed by atoms with Crippen molar-refractivity contribution in [2.45, 2.75) is 12.2 Å². The lowest BCUT2D eigenvalue weighted by Crippen LogP contribution is -2.35. The highest BCUT2D eigenvalue weighted by atomic mass is 79.9. The van der Waals surface area contributed by atoms with E-state index >= 15 is 0 Å². The fourth-order valence-electron chi connectivity index (χ4n) is 0.927. The number of hydrogen-bond acceptors (Lipinski definition) is 1. The van der Waals surface area contributed by atoms with Gasteiger partial charge in [-0.2, -0.15) is 13.2 Å². The molecule has 0 bridgehead atoms. The van der Waals surface area contributed by atoms with Gasteiger partial charge < -0.3 is 5.73 Å². The van der Waals surface area contributed by atoms with Crippen LogP contribution in [0.15, 0.2) is 34.8 Å². The number of halogens is 4. The second-order valence-electron chi connectivity index (χ2n) is 2.95. The van der Waals surface area contributed by atoms with Gasteiger partial charge in [0, 0.05) is 4.47 Å². The van der Waals surface area contributed by atoms with Gasteiger partial charge >= 0.3 is 6.18 Å². The normalized spacial score (nSPS) is 14.5. The van der Waals surface area contributed by atoms with Crippen LogP contribution in [0.2, 0.25) is 0 Å². The minimum Gasteiger partial charge on any atom is -0.317 e. The van der Waals surface area contributed by atoms with Gasteiger partial charge in [-0.1, -0.05) is 46.3 Å². The number of alkyl halides is 3. The van der Waals surface area contributed by atoms with Gasteiger partial charge in [0.1, 0.15) is 6.04 Å². The first kappa shape index (κ1) is 12.3. The number of hydrogen-bond donors (Lipinski definition) is 1. The highest BCUT2D eigenvalue weighted by Crippen LogP contribution is 2.22. The molecule has 0 saturated heterocycles. The highest BCUT2D eigenvalue weighted by molar-refractivity contribution is 9.10. The lowest BCUT2D eigenvalue weighted by atomic mass is 10.2. The van der Waals surface area contributed by atoms with Gasteiger partial charge in [0.05, 0.1) is 0 Å². The average molecular weight is 280 g/mol. The van der Waals surface area contributed by atoms with Gasteiger partial charge in [-0.05, 0) is 11.6 Å². The van der Waals surface area contributed by atoms with Crippen LogP contribution in [0.4, 0.5) is 13.2 Å². The van der Waals surface area contributed by atoms with Crippen LogP contribution in [0.1, 0.15) is 5.56 Å². The van der Waals surface area contributed by atoms with Crippen LogP contribution in [0.25, 0.3) is 6.08 Å². The van der Waals surface area contributed by atoms with Crippen molar-refractivity contribution in [3.8, 4) is 0 Å². The summed E-state index contributed by atoms with van der Waals surface area (Å²) in [4.78, 5) is 0. The zero-order valence-electron chi connectivity index (χ0n) is 7.63. The zero-order valence-corrected chi connectivity index (χ0v) is 9.22. The van der Waals surface area contributed by atoms with Crippen LogP contribution in [0, 0.1) is 0 Å². The molecule has 15 heavy (non-hydrogen) atoms. The van der Waals surface area contributed by atoms with Crippen LogP contribution in [-0.2, 0) is 0 Å². The molecule has 0 aliphatic rings. The lowest BCUT2D eigenvalue weighted by Gasteiger charge is -2.10. The quantitative estimate of drug-likeness (QED) is 0.883. The molecule has 0 amide bonds. The SMILES string of the molecule is N[C@@H](C=Cc1ccccc1Br)C(F)(F)F. The lowest BCUT2D eigenvalue weighted by molar-refractivity contribution is -0.136. The smallest absolute Gasteiger partial charge is 0.317 e. The maximum Gasteiger partial charge on any atom is 0.407 e. The molecule has 0 heterocycles. The Hall–Kier alpha value is -0.810. The van der Waals surface area contributed by atoms with E-state index in [1.807, 2.05) is 0 Å². The van der Waals surface area contributed by atoms with Crippen LogP contribution in [0.5, 0.6) is 0 Å². The molecule has 0 saturated carbocycles. The Bertz CT molecular complexity index is 360. The summed E-state index contributed by atoms with van der Waals surface area (Å²) in [7, 11) is 0. The second kappa shape index (κ2) is 4.81. The third-order valence-corrected chi connectivity index (χ3v) is 2.49. The molecule has 0 aliphatic carbocycles. The number of benzene rings is 1. The summed E-state index contributed by atoms with van der Waals surface area (Å²) in [5.41, 5.74) is 5.59. The summed E-state index contributed by atoms with van der Waals surface area (Å²) in [6, 6.07) is 5.04. The molecule has 0 spiro atoms. The second-order valence-corrected chi connectivity index (χ2v) is 3.80. The standard InChI is InChI=1S/C10H9BrF3N/c11-8-4-2-1-3-7(8)5-6-9(15)10(12,13)14/h1-6,9H,15H2/t9-/m0/s1. The molecule has 0 aliphatic heterocycles. The minimum atomic E-state index is -4.39. The van der Waals surface area contributed by atoms with Crippen molar-refractivity contribution in [2.24, 2.45) is 5.73 Å². The molecular weight excluding hydrogens is 271 g/mol. The highest BCUT2D eigenvalue weighted by Gasteiger charge is 2.34.